The van der Waals surface area contributed by atoms with Gasteiger partial charge in [0.05, 0.1) is 23.6 Å². The molecule has 0 aliphatic carbocycles. The van der Waals surface area contributed by atoms with E-state index in [1.165, 1.54) is 30.2 Å². The molecule has 0 N–H and O–H groups in total. The summed E-state index contributed by atoms with van der Waals surface area (Å²) < 4.78 is 5.40. The second-order valence-electron chi connectivity index (χ2n) is 3.04. The monoisotopic (exact) mass is 312 g/mol. The molecule has 17 heavy (non-hydrogen) atoms. The van der Waals surface area contributed by atoms with E-state index in [2.05, 4.69) is 4.74 Å². The number of hydrogen-bond donors (Lipinski definition) is 0. The molecule has 0 aromatic carbocycles. The minimum atomic E-state index is -0.276. The summed E-state index contributed by atoms with van der Waals surface area (Å²) >= 11 is 14.1. The first-order valence-corrected chi connectivity index (χ1v) is 7.40. The van der Waals surface area contributed by atoms with Gasteiger partial charge in [-0.25, -0.2) is 0 Å². The summed E-state index contributed by atoms with van der Waals surface area (Å²) in [6, 6.07) is 1.57. The van der Waals surface area contributed by atoms with Crippen LogP contribution in [-0.2, 0) is 9.53 Å². The van der Waals surface area contributed by atoms with Crippen LogP contribution in [0.5, 0.6) is 0 Å². The van der Waals surface area contributed by atoms with Crippen LogP contribution in [-0.4, -0.2) is 30.4 Å². The normalized spacial score (nSPS) is 10.3. The van der Waals surface area contributed by atoms with Crippen LogP contribution >= 0.6 is 46.3 Å². The average molecular weight is 313 g/mol. The van der Waals surface area contributed by atoms with Crippen LogP contribution in [0.15, 0.2) is 6.07 Å². The van der Waals surface area contributed by atoms with Crippen molar-refractivity contribution in [3.8, 4) is 0 Å². The minimum Gasteiger partial charge on any atom is -0.469 e. The summed E-state index contributed by atoms with van der Waals surface area (Å²) in [5.41, 5.74) is 0.451. The summed E-state index contributed by atoms with van der Waals surface area (Å²) in [7, 11) is 1.34. The van der Waals surface area contributed by atoms with Gasteiger partial charge in [-0.2, -0.15) is 11.8 Å². The van der Waals surface area contributed by atoms with Gasteiger partial charge in [-0.3, -0.25) is 9.59 Å². The van der Waals surface area contributed by atoms with Gasteiger partial charge in [-0.1, -0.05) is 23.2 Å². The zero-order valence-corrected chi connectivity index (χ0v) is 12.1. The van der Waals surface area contributed by atoms with E-state index in [4.69, 9.17) is 23.2 Å². The van der Waals surface area contributed by atoms with Crippen molar-refractivity contribution in [2.24, 2.45) is 0 Å². The van der Waals surface area contributed by atoms with E-state index in [1.54, 1.807) is 6.07 Å². The molecule has 0 spiro atoms. The SMILES string of the molecule is COC(=O)CCSCC(=O)c1cc(Cl)sc1Cl. The molecule has 1 aromatic heterocycles. The van der Waals surface area contributed by atoms with E-state index >= 15 is 0 Å². The molecule has 0 radical (unpaired) electrons. The fourth-order valence-corrected chi connectivity index (χ4v) is 3.33. The number of rotatable bonds is 6. The van der Waals surface area contributed by atoms with Gasteiger partial charge < -0.3 is 4.74 Å². The van der Waals surface area contributed by atoms with Gasteiger partial charge in [-0.05, 0) is 6.07 Å². The lowest BCUT2D eigenvalue weighted by Gasteiger charge is -2.00. The van der Waals surface area contributed by atoms with Gasteiger partial charge in [0, 0.05) is 11.3 Å². The molecule has 0 saturated heterocycles. The van der Waals surface area contributed by atoms with Crippen molar-refractivity contribution in [2.45, 2.75) is 6.42 Å². The number of thioether (sulfide) groups is 1. The number of ether oxygens (including phenoxy) is 1. The summed E-state index contributed by atoms with van der Waals surface area (Å²) in [6.07, 6.45) is 0.298. The fraction of sp³-hybridized carbons (Fsp3) is 0.400. The van der Waals surface area contributed by atoms with Crippen LogP contribution in [0.3, 0.4) is 0 Å². The van der Waals surface area contributed by atoms with Crippen molar-refractivity contribution in [1.29, 1.82) is 0 Å². The highest BCUT2D eigenvalue weighted by Crippen LogP contribution is 2.31. The molecule has 1 heterocycles. The maximum Gasteiger partial charge on any atom is 0.306 e. The quantitative estimate of drug-likeness (QED) is 0.458. The molecule has 0 unspecified atom stereocenters. The van der Waals surface area contributed by atoms with Crippen LogP contribution < -0.4 is 0 Å². The molecule has 7 heteroatoms. The first kappa shape index (κ1) is 14.8. The number of carbonyl (C=O) groups is 2. The molecule has 1 rings (SSSR count). The lowest BCUT2D eigenvalue weighted by molar-refractivity contribution is -0.140. The highest BCUT2D eigenvalue weighted by atomic mass is 35.5. The Kier molecular flexibility index (Phi) is 6.33. The second kappa shape index (κ2) is 7.26. The molecule has 0 amide bonds. The van der Waals surface area contributed by atoms with Crippen molar-refractivity contribution in [1.82, 2.24) is 0 Å². The van der Waals surface area contributed by atoms with Crippen LogP contribution in [0, 0.1) is 0 Å². The molecular weight excluding hydrogens is 303 g/mol. The molecule has 94 valence electrons. The zero-order valence-electron chi connectivity index (χ0n) is 9.00. The van der Waals surface area contributed by atoms with Crippen molar-refractivity contribution < 1.29 is 14.3 Å². The minimum absolute atomic E-state index is 0.0759. The van der Waals surface area contributed by atoms with Crippen molar-refractivity contribution >= 4 is 58.1 Å². The Morgan fingerprint density at radius 1 is 1.47 bits per heavy atom. The molecular formula is C10H10Cl2O3S2. The summed E-state index contributed by atoms with van der Waals surface area (Å²) in [6.45, 7) is 0. The standard InChI is InChI=1S/C10H10Cl2O3S2/c1-15-9(14)2-3-16-5-7(13)6-4-8(11)17-10(6)12/h4H,2-3,5H2,1H3. The molecule has 0 bridgehead atoms. The third kappa shape index (κ3) is 4.87. The number of Topliss-reactive ketones (excluding diaryl/α,β-unsaturated/α-hetero) is 1. The molecule has 0 atom stereocenters. The Balaban J connectivity index is 2.35. The molecule has 0 fully saturated rings. The molecule has 3 nitrogen and oxygen atoms in total. The largest absolute Gasteiger partial charge is 0.469 e. The number of ketones is 1. The molecule has 0 aliphatic rings. The average Bonchev–Trinajstić information content (AvgIpc) is 2.63. The van der Waals surface area contributed by atoms with Gasteiger partial charge in [-0.15, -0.1) is 11.3 Å². The van der Waals surface area contributed by atoms with Gasteiger partial charge in [0.25, 0.3) is 0 Å². The van der Waals surface area contributed by atoms with E-state index in [0.29, 0.717) is 26.4 Å². The number of halogens is 2. The number of hydrogen-bond acceptors (Lipinski definition) is 5. The van der Waals surface area contributed by atoms with Crippen LogP contribution in [0.2, 0.25) is 8.67 Å². The molecule has 0 aliphatic heterocycles. The fourth-order valence-electron chi connectivity index (χ4n) is 1.03. The van der Waals surface area contributed by atoms with Crippen molar-refractivity contribution in [3.63, 3.8) is 0 Å². The third-order valence-corrected chi connectivity index (χ3v) is 4.32. The number of carbonyl (C=O) groups excluding carboxylic acids is 2. The van der Waals surface area contributed by atoms with Gasteiger partial charge in [0.1, 0.15) is 4.34 Å². The van der Waals surface area contributed by atoms with E-state index in [1.807, 2.05) is 0 Å². The Hall–Kier alpha value is -0.230. The number of thiophene rings is 1. The van der Waals surface area contributed by atoms with Crippen LogP contribution in [0.1, 0.15) is 16.8 Å². The highest BCUT2D eigenvalue weighted by molar-refractivity contribution is 8.00. The first-order valence-electron chi connectivity index (χ1n) is 4.67. The Labute approximate surface area is 117 Å². The van der Waals surface area contributed by atoms with Gasteiger partial charge >= 0.3 is 5.97 Å². The summed E-state index contributed by atoms with van der Waals surface area (Å²) in [5, 5.41) is 0. The number of methoxy groups -OCH3 is 1. The second-order valence-corrected chi connectivity index (χ2v) is 6.43. The van der Waals surface area contributed by atoms with E-state index in [0.717, 1.165) is 0 Å². The maximum atomic E-state index is 11.7. The van der Waals surface area contributed by atoms with Crippen LogP contribution in [0.4, 0.5) is 0 Å². The third-order valence-electron chi connectivity index (χ3n) is 1.87. The smallest absolute Gasteiger partial charge is 0.306 e. The van der Waals surface area contributed by atoms with Crippen molar-refractivity contribution in [2.75, 3.05) is 18.6 Å². The predicted molar refractivity (Wildman–Crippen MR) is 72.6 cm³/mol. The molecule has 1 aromatic rings. The van der Waals surface area contributed by atoms with E-state index in [9.17, 15) is 9.59 Å². The molecule has 0 saturated carbocycles. The topological polar surface area (TPSA) is 43.4 Å². The van der Waals surface area contributed by atoms with Gasteiger partial charge in [0.15, 0.2) is 5.78 Å². The maximum absolute atomic E-state index is 11.7. The highest BCUT2D eigenvalue weighted by Gasteiger charge is 2.14. The number of esters is 1. The lowest BCUT2D eigenvalue weighted by Crippen LogP contribution is -2.05. The summed E-state index contributed by atoms with van der Waals surface area (Å²) in [5.74, 6) is 0.479. The Bertz CT molecular complexity index is 418. The van der Waals surface area contributed by atoms with Gasteiger partial charge in [0.2, 0.25) is 0 Å². The zero-order chi connectivity index (χ0) is 12.8. The Morgan fingerprint density at radius 3 is 2.71 bits per heavy atom. The first-order chi connectivity index (χ1) is 8.04. The lowest BCUT2D eigenvalue weighted by atomic mass is 10.2. The Morgan fingerprint density at radius 2 is 2.18 bits per heavy atom. The van der Waals surface area contributed by atoms with E-state index in [-0.39, 0.29) is 17.5 Å². The van der Waals surface area contributed by atoms with Crippen LogP contribution in [0.25, 0.3) is 0 Å². The van der Waals surface area contributed by atoms with E-state index < -0.39 is 0 Å². The van der Waals surface area contributed by atoms with Crippen molar-refractivity contribution in [3.05, 3.63) is 20.3 Å². The summed E-state index contributed by atoms with van der Waals surface area (Å²) in [4.78, 5) is 22.5. The predicted octanol–water partition coefficient (Wildman–Crippen LogP) is 3.53.